The Kier molecular flexibility index (Phi) is 5.55. The van der Waals surface area contributed by atoms with Crippen molar-refractivity contribution in [1.82, 2.24) is 19.4 Å². The van der Waals surface area contributed by atoms with Crippen molar-refractivity contribution in [3.63, 3.8) is 0 Å². The van der Waals surface area contributed by atoms with Crippen molar-refractivity contribution in [2.45, 2.75) is 25.2 Å². The lowest BCUT2D eigenvalue weighted by atomic mass is 10.1. The number of aryl methyl sites for hydroxylation is 2. The van der Waals surface area contributed by atoms with E-state index >= 15 is 0 Å². The maximum atomic E-state index is 14.0. The molecule has 0 atom stereocenters. The number of benzene rings is 1. The quantitative estimate of drug-likeness (QED) is 0.835. The van der Waals surface area contributed by atoms with Gasteiger partial charge in [-0.3, -0.25) is 9.89 Å². The Bertz CT molecular complexity index is 937. The molecule has 1 N–H and O–H groups in total. The number of amides is 1. The Morgan fingerprint density at radius 2 is 1.96 bits per heavy atom. The summed E-state index contributed by atoms with van der Waals surface area (Å²) in [6.07, 6.45) is 0.437. The number of nitrogens with zero attached hydrogens (tertiary/aromatic N) is 3. The van der Waals surface area contributed by atoms with E-state index in [1.54, 1.807) is 13.8 Å². The van der Waals surface area contributed by atoms with Crippen LogP contribution in [0.15, 0.2) is 23.1 Å². The van der Waals surface area contributed by atoms with E-state index in [1.807, 2.05) is 0 Å². The summed E-state index contributed by atoms with van der Waals surface area (Å²) < 4.78 is 41.3. The first-order valence-corrected chi connectivity index (χ1v) is 10.3. The average Bonchev–Trinajstić information content (AvgIpc) is 2.81. The second kappa shape index (κ2) is 7.57. The number of aromatic amines is 1. The summed E-state index contributed by atoms with van der Waals surface area (Å²) in [4.78, 5) is 14.3. The Labute approximate surface area is 162 Å². The predicted octanol–water partition coefficient (Wildman–Crippen LogP) is 2.36. The molecule has 1 amide bonds. The van der Waals surface area contributed by atoms with Crippen molar-refractivity contribution in [3.05, 3.63) is 46.0 Å². The Balaban J connectivity index is 1.81. The van der Waals surface area contributed by atoms with Crippen LogP contribution in [0, 0.1) is 19.7 Å². The molecule has 27 heavy (non-hydrogen) atoms. The van der Waals surface area contributed by atoms with E-state index in [0.717, 1.165) is 0 Å². The highest BCUT2D eigenvalue weighted by atomic mass is 35.5. The normalized spacial score (nSPS) is 16.4. The highest BCUT2D eigenvalue weighted by molar-refractivity contribution is 7.89. The molecule has 1 aromatic heterocycles. The summed E-state index contributed by atoms with van der Waals surface area (Å²) >= 11 is 5.98. The van der Waals surface area contributed by atoms with Crippen LogP contribution in [0.2, 0.25) is 5.02 Å². The third-order valence-corrected chi connectivity index (χ3v) is 7.05. The monoisotopic (exact) mass is 414 g/mol. The molecule has 1 aliphatic heterocycles. The fourth-order valence-electron chi connectivity index (χ4n) is 3.25. The second-order valence-electron chi connectivity index (χ2n) is 6.41. The number of halogens is 2. The van der Waals surface area contributed by atoms with E-state index in [4.69, 9.17) is 11.6 Å². The topological polar surface area (TPSA) is 86.4 Å². The number of rotatable bonds is 3. The number of carbonyl (C=O) groups is 1. The van der Waals surface area contributed by atoms with Gasteiger partial charge < -0.3 is 4.90 Å². The predicted molar refractivity (Wildman–Crippen MR) is 98.8 cm³/mol. The first-order chi connectivity index (χ1) is 12.7. The molecule has 0 unspecified atom stereocenters. The molecule has 2 heterocycles. The van der Waals surface area contributed by atoms with E-state index in [9.17, 15) is 17.6 Å². The van der Waals surface area contributed by atoms with Crippen LogP contribution >= 0.6 is 11.6 Å². The zero-order valence-electron chi connectivity index (χ0n) is 15.0. The maximum Gasteiger partial charge on any atom is 0.258 e. The Hall–Kier alpha value is -1.97. The minimum atomic E-state index is -3.73. The van der Waals surface area contributed by atoms with Gasteiger partial charge in [-0.25, -0.2) is 12.8 Å². The van der Waals surface area contributed by atoms with E-state index in [2.05, 4.69) is 10.2 Å². The molecule has 0 aliphatic carbocycles. The van der Waals surface area contributed by atoms with Gasteiger partial charge in [-0.1, -0.05) is 17.7 Å². The largest absolute Gasteiger partial charge is 0.337 e. The molecule has 1 aromatic carbocycles. The van der Waals surface area contributed by atoms with Crippen LogP contribution in [0.1, 0.15) is 28.2 Å². The van der Waals surface area contributed by atoms with Gasteiger partial charge in [0.05, 0.1) is 22.0 Å². The maximum absolute atomic E-state index is 14.0. The van der Waals surface area contributed by atoms with Gasteiger partial charge in [-0.05, 0) is 32.4 Å². The minimum absolute atomic E-state index is 0.0402. The molecule has 0 bridgehead atoms. The summed E-state index contributed by atoms with van der Waals surface area (Å²) in [5, 5.41) is 6.67. The van der Waals surface area contributed by atoms with Crippen molar-refractivity contribution in [3.8, 4) is 0 Å². The van der Waals surface area contributed by atoms with Gasteiger partial charge in [0, 0.05) is 26.2 Å². The molecule has 1 fully saturated rings. The number of carbonyl (C=O) groups excluding carboxylic acids is 1. The molecule has 0 radical (unpaired) electrons. The first-order valence-electron chi connectivity index (χ1n) is 8.48. The number of H-pyrrole nitrogens is 1. The van der Waals surface area contributed by atoms with E-state index in [0.29, 0.717) is 24.4 Å². The Morgan fingerprint density at radius 3 is 2.59 bits per heavy atom. The van der Waals surface area contributed by atoms with Gasteiger partial charge in [0.2, 0.25) is 10.0 Å². The second-order valence-corrected chi connectivity index (χ2v) is 8.69. The van der Waals surface area contributed by atoms with E-state index < -0.39 is 21.7 Å². The first kappa shape index (κ1) is 19.8. The molecule has 1 saturated heterocycles. The lowest BCUT2D eigenvalue weighted by Crippen LogP contribution is -2.38. The molecular formula is C17H20ClFN4O3S. The zero-order chi connectivity index (χ0) is 19.8. The third-order valence-electron chi connectivity index (χ3n) is 4.58. The van der Waals surface area contributed by atoms with Crippen molar-refractivity contribution in [1.29, 1.82) is 0 Å². The van der Waals surface area contributed by atoms with Gasteiger partial charge in [0.1, 0.15) is 10.7 Å². The Morgan fingerprint density at radius 1 is 1.22 bits per heavy atom. The van der Waals surface area contributed by atoms with Crippen LogP contribution in [-0.2, 0) is 10.0 Å². The molecule has 10 heteroatoms. The van der Waals surface area contributed by atoms with Crippen molar-refractivity contribution in [2.24, 2.45) is 0 Å². The molecule has 0 saturated carbocycles. The fourth-order valence-corrected chi connectivity index (χ4v) is 5.29. The highest BCUT2D eigenvalue weighted by Crippen LogP contribution is 2.25. The molecule has 146 valence electrons. The molecule has 2 aromatic rings. The van der Waals surface area contributed by atoms with Crippen molar-refractivity contribution < 1.29 is 17.6 Å². The summed E-state index contributed by atoms with van der Waals surface area (Å²) in [5.74, 6) is -1.22. The highest BCUT2D eigenvalue weighted by Gasteiger charge is 2.32. The molecule has 0 spiro atoms. The molecular weight excluding hydrogens is 395 g/mol. The summed E-state index contributed by atoms with van der Waals surface area (Å²) in [6, 6.07) is 4.07. The summed E-state index contributed by atoms with van der Waals surface area (Å²) in [7, 11) is -3.73. The fraction of sp³-hybridized carbons (Fsp3) is 0.412. The smallest absolute Gasteiger partial charge is 0.258 e. The van der Waals surface area contributed by atoms with Gasteiger partial charge in [0.25, 0.3) is 5.91 Å². The van der Waals surface area contributed by atoms with Crippen LogP contribution in [0.5, 0.6) is 0 Å². The number of sulfonamides is 1. The van der Waals surface area contributed by atoms with Gasteiger partial charge >= 0.3 is 0 Å². The summed E-state index contributed by atoms with van der Waals surface area (Å²) in [6.45, 7) is 4.13. The molecule has 7 nitrogen and oxygen atoms in total. The number of nitrogens with one attached hydrogen (secondary N) is 1. The zero-order valence-corrected chi connectivity index (χ0v) is 16.6. The molecule has 3 rings (SSSR count). The standard InChI is InChI=1S/C17H20ClFN4O3S/c1-11-16(12(2)21-20-11)27(25,26)23-8-4-7-22(9-10-23)17(24)15-13(18)5-3-6-14(15)19/h3,5-6H,4,7-10H2,1-2H3,(H,20,21). The minimum Gasteiger partial charge on any atom is -0.337 e. The van der Waals surface area contributed by atoms with Crippen molar-refractivity contribution >= 4 is 27.5 Å². The van der Waals surface area contributed by atoms with Crippen LogP contribution in [0.25, 0.3) is 0 Å². The van der Waals surface area contributed by atoms with E-state index in [1.165, 1.54) is 27.4 Å². The van der Waals surface area contributed by atoms with Crippen LogP contribution in [-0.4, -0.2) is 59.9 Å². The molecule has 1 aliphatic rings. The number of hydrogen-bond acceptors (Lipinski definition) is 4. The van der Waals surface area contributed by atoms with Crippen LogP contribution in [0.4, 0.5) is 4.39 Å². The van der Waals surface area contributed by atoms with Crippen molar-refractivity contribution in [2.75, 3.05) is 26.2 Å². The van der Waals surface area contributed by atoms with Gasteiger partial charge in [-0.15, -0.1) is 0 Å². The average molecular weight is 415 g/mol. The van der Waals surface area contributed by atoms with Crippen LogP contribution in [0.3, 0.4) is 0 Å². The third kappa shape index (κ3) is 3.71. The lowest BCUT2D eigenvalue weighted by molar-refractivity contribution is 0.0759. The summed E-state index contributed by atoms with van der Waals surface area (Å²) in [5.41, 5.74) is 0.697. The lowest BCUT2D eigenvalue weighted by Gasteiger charge is -2.22. The van der Waals surface area contributed by atoms with E-state index in [-0.39, 0.29) is 35.1 Å². The number of aromatic nitrogens is 2. The number of hydrogen-bond donors (Lipinski definition) is 1. The van der Waals surface area contributed by atoms with Gasteiger partial charge in [0.15, 0.2) is 0 Å². The van der Waals surface area contributed by atoms with Crippen LogP contribution < -0.4 is 0 Å². The SMILES string of the molecule is Cc1n[nH]c(C)c1S(=O)(=O)N1CCCN(C(=O)c2c(F)cccc2Cl)CC1. The van der Waals surface area contributed by atoms with Gasteiger partial charge in [-0.2, -0.15) is 9.40 Å².